The van der Waals surface area contributed by atoms with Gasteiger partial charge >= 0.3 is 0 Å². The molecule has 0 spiro atoms. The third-order valence-corrected chi connectivity index (χ3v) is 5.21. The lowest BCUT2D eigenvalue weighted by molar-refractivity contribution is -0.0909. The lowest BCUT2D eigenvalue weighted by Crippen LogP contribution is -2.61. The van der Waals surface area contributed by atoms with Crippen molar-refractivity contribution in [2.75, 3.05) is 7.11 Å². The van der Waals surface area contributed by atoms with E-state index in [1.807, 2.05) is 13.8 Å². The third-order valence-electron chi connectivity index (χ3n) is 3.86. The molecule has 2 unspecified atom stereocenters. The van der Waals surface area contributed by atoms with E-state index in [1.54, 1.807) is 13.2 Å². The van der Waals surface area contributed by atoms with Crippen molar-refractivity contribution < 1.29 is 17.6 Å². The van der Waals surface area contributed by atoms with Crippen LogP contribution in [0.5, 0.6) is 0 Å². The molecule has 1 heterocycles. The number of nitrogens with two attached hydrogens (primary N) is 1. The van der Waals surface area contributed by atoms with Gasteiger partial charge in [0, 0.05) is 18.6 Å². The predicted octanol–water partition coefficient (Wildman–Crippen LogP) is 0.830. The smallest absolute Gasteiger partial charge is 0.274 e. The molecule has 1 fully saturated rings. The zero-order chi connectivity index (χ0) is 14.3. The first-order chi connectivity index (χ1) is 8.81. The van der Waals surface area contributed by atoms with Gasteiger partial charge in [0.15, 0.2) is 0 Å². The van der Waals surface area contributed by atoms with Crippen molar-refractivity contribution in [2.24, 2.45) is 11.1 Å². The maximum atomic E-state index is 12.2. The van der Waals surface area contributed by atoms with Crippen LogP contribution in [0.4, 0.5) is 0 Å². The van der Waals surface area contributed by atoms with Crippen molar-refractivity contribution in [3.05, 3.63) is 17.9 Å². The molecule has 3 N–H and O–H groups in total. The zero-order valence-electron chi connectivity index (χ0n) is 11.3. The summed E-state index contributed by atoms with van der Waals surface area (Å²) >= 11 is 0. The molecule has 0 aromatic carbocycles. The average Bonchev–Trinajstić information content (AvgIpc) is 2.83. The van der Waals surface area contributed by atoms with Crippen LogP contribution in [0, 0.1) is 5.41 Å². The van der Waals surface area contributed by atoms with Crippen LogP contribution in [0.25, 0.3) is 0 Å². The highest BCUT2D eigenvalue weighted by Crippen LogP contribution is 2.43. The summed E-state index contributed by atoms with van der Waals surface area (Å²) in [5, 5.41) is -0.0929. The molecule has 0 aliphatic heterocycles. The summed E-state index contributed by atoms with van der Waals surface area (Å²) in [4.78, 5) is 0. The van der Waals surface area contributed by atoms with Gasteiger partial charge in [-0.3, -0.25) is 0 Å². The predicted molar refractivity (Wildman–Crippen MR) is 69.9 cm³/mol. The lowest BCUT2D eigenvalue weighted by Gasteiger charge is -2.50. The highest BCUT2D eigenvalue weighted by atomic mass is 32.2. The van der Waals surface area contributed by atoms with Crippen molar-refractivity contribution in [3.63, 3.8) is 0 Å². The van der Waals surface area contributed by atoms with E-state index >= 15 is 0 Å². The summed E-state index contributed by atoms with van der Waals surface area (Å²) < 4.78 is 37.5. The SMILES string of the molecule is COC1CC(NS(=O)(=O)c2ccc(CN)o2)C1(C)C. The summed E-state index contributed by atoms with van der Waals surface area (Å²) in [5.41, 5.74) is 5.17. The van der Waals surface area contributed by atoms with E-state index in [4.69, 9.17) is 14.9 Å². The fourth-order valence-electron chi connectivity index (χ4n) is 2.34. The van der Waals surface area contributed by atoms with Crippen LogP contribution in [0.15, 0.2) is 21.6 Å². The summed E-state index contributed by atoms with van der Waals surface area (Å²) in [6, 6.07) is 2.83. The molecule has 6 nitrogen and oxygen atoms in total. The monoisotopic (exact) mass is 288 g/mol. The Balaban J connectivity index is 2.11. The maximum Gasteiger partial charge on any atom is 0.274 e. The summed E-state index contributed by atoms with van der Waals surface area (Å²) in [7, 11) is -2.00. The van der Waals surface area contributed by atoms with Crippen LogP contribution in [0.1, 0.15) is 26.0 Å². The van der Waals surface area contributed by atoms with Crippen LogP contribution in [-0.4, -0.2) is 27.7 Å². The first-order valence-electron chi connectivity index (χ1n) is 6.15. The minimum atomic E-state index is -3.64. The second-order valence-corrected chi connectivity index (χ2v) is 7.03. The fourth-order valence-corrected chi connectivity index (χ4v) is 3.70. The van der Waals surface area contributed by atoms with Crippen molar-refractivity contribution in [1.29, 1.82) is 0 Å². The van der Waals surface area contributed by atoms with E-state index in [9.17, 15) is 8.42 Å². The molecule has 1 aromatic heterocycles. The van der Waals surface area contributed by atoms with E-state index in [0.29, 0.717) is 12.2 Å². The van der Waals surface area contributed by atoms with Gasteiger partial charge in [0.05, 0.1) is 12.6 Å². The Morgan fingerprint density at radius 3 is 2.68 bits per heavy atom. The van der Waals surface area contributed by atoms with E-state index < -0.39 is 10.0 Å². The number of hydrogen-bond acceptors (Lipinski definition) is 5. The van der Waals surface area contributed by atoms with E-state index in [0.717, 1.165) is 0 Å². The Bertz CT molecular complexity index is 550. The van der Waals surface area contributed by atoms with Crippen LogP contribution < -0.4 is 10.5 Å². The molecule has 0 saturated heterocycles. The Morgan fingerprint density at radius 2 is 2.21 bits per heavy atom. The maximum absolute atomic E-state index is 12.2. The van der Waals surface area contributed by atoms with Gasteiger partial charge < -0.3 is 14.9 Å². The summed E-state index contributed by atoms with van der Waals surface area (Å²) in [6.45, 7) is 4.13. The first kappa shape index (κ1) is 14.5. The molecule has 1 saturated carbocycles. The summed E-state index contributed by atoms with van der Waals surface area (Å²) in [6.07, 6.45) is 0.726. The number of methoxy groups -OCH3 is 1. The standard InChI is InChI=1S/C12H20N2O4S/c1-12(2)9(6-10(12)17-3)14-19(15,16)11-5-4-8(7-13)18-11/h4-5,9-10,14H,6-7,13H2,1-3H3. The Labute approximate surface area is 113 Å². The number of furan rings is 1. The molecule has 2 atom stereocenters. The molecule has 19 heavy (non-hydrogen) atoms. The van der Waals surface area contributed by atoms with Gasteiger partial charge in [-0.2, -0.15) is 0 Å². The molecule has 0 bridgehead atoms. The molecule has 1 aromatic rings. The fraction of sp³-hybridized carbons (Fsp3) is 0.667. The summed E-state index contributed by atoms with van der Waals surface area (Å²) in [5.74, 6) is 0.447. The minimum absolute atomic E-state index is 0.0661. The molecule has 7 heteroatoms. The highest BCUT2D eigenvalue weighted by Gasteiger charge is 2.50. The van der Waals surface area contributed by atoms with Crippen molar-refractivity contribution in [3.8, 4) is 0 Å². The Morgan fingerprint density at radius 1 is 1.53 bits per heavy atom. The normalized spacial score (nSPS) is 26.1. The van der Waals surface area contributed by atoms with Gasteiger partial charge in [-0.05, 0) is 18.6 Å². The molecular weight excluding hydrogens is 268 g/mol. The molecule has 0 amide bonds. The molecule has 108 valence electrons. The lowest BCUT2D eigenvalue weighted by atomic mass is 9.65. The van der Waals surface area contributed by atoms with Crippen molar-refractivity contribution in [2.45, 2.75) is 44.1 Å². The van der Waals surface area contributed by atoms with Gasteiger partial charge in [-0.1, -0.05) is 13.8 Å². The molecule has 2 rings (SSSR count). The number of rotatable bonds is 5. The molecule has 1 aliphatic carbocycles. The van der Waals surface area contributed by atoms with E-state index in [-0.39, 0.29) is 29.2 Å². The number of hydrogen-bond donors (Lipinski definition) is 2. The van der Waals surface area contributed by atoms with Gasteiger partial charge in [0.2, 0.25) is 5.09 Å². The quantitative estimate of drug-likeness (QED) is 0.837. The van der Waals surface area contributed by atoms with Crippen LogP contribution in [-0.2, 0) is 21.3 Å². The van der Waals surface area contributed by atoms with Crippen molar-refractivity contribution in [1.82, 2.24) is 4.72 Å². The van der Waals surface area contributed by atoms with Gasteiger partial charge in [0.25, 0.3) is 10.0 Å². The third kappa shape index (κ3) is 2.55. The van der Waals surface area contributed by atoms with E-state index in [2.05, 4.69) is 4.72 Å². The van der Waals surface area contributed by atoms with E-state index in [1.165, 1.54) is 6.07 Å². The van der Waals surface area contributed by atoms with Crippen LogP contribution >= 0.6 is 0 Å². The second-order valence-electron chi connectivity index (χ2n) is 5.38. The average molecular weight is 288 g/mol. The van der Waals surface area contributed by atoms with Gasteiger partial charge in [-0.25, -0.2) is 13.1 Å². The highest BCUT2D eigenvalue weighted by molar-refractivity contribution is 7.89. The topological polar surface area (TPSA) is 94.6 Å². The largest absolute Gasteiger partial charge is 0.447 e. The van der Waals surface area contributed by atoms with Gasteiger partial charge in [0.1, 0.15) is 5.76 Å². The Hall–Kier alpha value is -0.890. The Kier molecular flexibility index (Phi) is 3.74. The molecule has 1 aliphatic rings. The number of nitrogens with one attached hydrogen (secondary N) is 1. The molecule has 0 radical (unpaired) electrons. The first-order valence-corrected chi connectivity index (χ1v) is 7.63. The number of ether oxygens (including phenoxy) is 1. The molecular formula is C12H20N2O4S. The van der Waals surface area contributed by atoms with Crippen LogP contribution in [0.3, 0.4) is 0 Å². The minimum Gasteiger partial charge on any atom is -0.447 e. The second kappa shape index (κ2) is 4.90. The van der Waals surface area contributed by atoms with Gasteiger partial charge in [-0.15, -0.1) is 0 Å². The van der Waals surface area contributed by atoms with Crippen LogP contribution in [0.2, 0.25) is 0 Å². The number of sulfonamides is 1. The van der Waals surface area contributed by atoms with Crippen molar-refractivity contribution >= 4 is 10.0 Å². The zero-order valence-corrected chi connectivity index (χ0v) is 12.2.